The number of halogens is 2. The van der Waals surface area contributed by atoms with Gasteiger partial charge in [0.2, 0.25) is 5.91 Å². The second kappa shape index (κ2) is 8.92. The number of alkyl halides is 2. The summed E-state index contributed by atoms with van der Waals surface area (Å²) in [6, 6.07) is 4.26. The van der Waals surface area contributed by atoms with E-state index in [1.54, 1.807) is 13.8 Å². The van der Waals surface area contributed by atoms with Gasteiger partial charge in [-0.25, -0.2) is 0 Å². The Morgan fingerprint density at radius 3 is 2.39 bits per heavy atom. The maximum Gasteiger partial charge on any atom is 0.387 e. The van der Waals surface area contributed by atoms with Crippen molar-refractivity contribution in [3.05, 3.63) is 23.8 Å². The molecule has 0 heterocycles. The Morgan fingerprint density at radius 2 is 1.83 bits per heavy atom. The Bertz CT molecular complexity index is 550. The van der Waals surface area contributed by atoms with Crippen molar-refractivity contribution in [1.29, 1.82) is 0 Å². The van der Waals surface area contributed by atoms with Gasteiger partial charge < -0.3 is 20.1 Å². The second-order valence-electron chi connectivity index (χ2n) is 4.92. The van der Waals surface area contributed by atoms with Crippen LogP contribution in [0.3, 0.4) is 0 Å². The van der Waals surface area contributed by atoms with Crippen molar-refractivity contribution < 1.29 is 27.8 Å². The third-order valence-electron chi connectivity index (χ3n) is 2.88. The van der Waals surface area contributed by atoms with Crippen LogP contribution in [-0.4, -0.2) is 38.6 Å². The normalized spacial score (nSPS) is 10.6. The molecule has 0 bridgehead atoms. The number of ether oxygens (including phenoxy) is 2. The minimum absolute atomic E-state index is 0.0334. The van der Waals surface area contributed by atoms with E-state index < -0.39 is 12.5 Å². The molecule has 0 aliphatic rings. The van der Waals surface area contributed by atoms with Gasteiger partial charge in [-0.15, -0.1) is 0 Å². The molecule has 0 saturated heterocycles. The molecule has 0 radical (unpaired) electrons. The Hall–Kier alpha value is -2.38. The molecule has 2 amide bonds. The number of benzene rings is 1. The van der Waals surface area contributed by atoms with E-state index in [1.807, 2.05) is 0 Å². The summed E-state index contributed by atoms with van der Waals surface area (Å²) < 4.78 is 34.3. The summed E-state index contributed by atoms with van der Waals surface area (Å²) in [5.41, 5.74) is -0.0696. The topological polar surface area (TPSA) is 76.7 Å². The summed E-state index contributed by atoms with van der Waals surface area (Å²) in [7, 11) is 1.29. The first-order valence-corrected chi connectivity index (χ1v) is 7.04. The van der Waals surface area contributed by atoms with Crippen LogP contribution >= 0.6 is 0 Å². The monoisotopic (exact) mass is 330 g/mol. The largest absolute Gasteiger partial charge is 0.493 e. The van der Waals surface area contributed by atoms with Crippen LogP contribution in [0.5, 0.6) is 11.5 Å². The van der Waals surface area contributed by atoms with E-state index in [4.69, 9.17) is 4.74 Å². The Kier molecular flexibility index (Phi) is 7.24. The number of para-hydroxylation sites is 1. The van der Waals surface area contributed by atoms with Gasteiger partial charge in [-0.3, -0.25) is 9.59 Å². The Balaban J connectivity index is 2.70. The molecule has 0 aromatic heterocycles. The van der Waals surface area contributed by atoms with Crippen molar-refractivity contribution in [2.24, 2.45) is 5.92 Å². The zero-order chi connectivity index (χ0) is 17.4. The molecule has 6 nitrogen and oxygen atoms in total. The fraction of sp³-hybridized carbons (Fsp3) is 0.467. The van der Waals surface area contributed by atoms with Crippen molar-refractivity contribution in [3.8, 4) is 11.5 Å². The average molecular weight is 330 g/mol. The van der Waals surface area contributed by atoms with Crippen LogP contribution in [0.4, 0.5) is 8.78 Å². The highest BCUT2D eigenvalue weighted by Crippen LogP contribution is 2.32. The quantitative estimate of drug-likeness (QED) is 0.713. The highest BCUT2D eigenvalue weighted by molar-refractivity contribution is 5.97. The average Bonchev–Trinajstić information content (AvgIpc) is 2.50. The van der Waals surface area contributed by atoms with Crippen LogP contribution in [0.15, 0.2) is 18.2 Å². The van der Waals surface area contributed by atoms with Crippen molar-refractivity contribution in [3.63, 3.8) is 0 Å². The summed E-state index contributed by atoms with van der Waals surface area (Å²) in [4.78, 5) is 23.5. The summed E-state index contributed by atoms with van der Waals surface area (Å²) in [6.45, 7) is 0.805. The molecule has 0 aliphatic carbocycles. The SMILES string of the molecule is COc1cccc(C(=O)NCCNC(=O)C(C)C)c1OC(F)F. The fourth-order valence-corrected chi connectivity index (χ4v) is 1.73. The third kappa shape index (κ3) is 5.72. The molecule has 0 saturated carbocycles. The lowest BCUT2D eigenvalue weighted by Gasteiger charge is -2.14. The third-order valence-corrected chi connectivity index (χ3v) is 2.88. The maximum absolute atomic E-state index is 12.5. The van der Waals surface area contributed by atoms with Gasteiger partial charge in [0.1, 0.15) is 0 Å². The first-order valence-electron chi connectivity index (χ1n) is 7.04. The molecule has 8 heteroatoms. The smallest absolute Gasteiger partial charge is 0.387 e. The number of amides is 2. The predicted octanol–water partition coefficient (Wildman–Crippen LogP) is 1.80. The van der Waals surface area contributed by atoms with Crippen molar-refractivity contribution >= 4 is 11.8 Å². The zero-order valence-electron chi connectivity index (χ0n) is 13.2. The van der Waals surface area contributed by atoms with Gasteiger partial charge >= 0.3 is 6.61 Å². The summed E-state index contributed by atoms with van der Waals surface area (Å²) >= 11 is 0. The van der Waals surface area contributed by atoms with Crippen molar-refractivity contribution in [2.45, 2.75) is 20.5 Å². The highest BCUT2D eigenvalue weighted by Gasteiger charge is 2.20. The molecule has 0 fully saturated rings. The van der Waals surface area contributed by atoms with Crippen LogP contribution in [0.2, 0.25) is 0 Å². The molecule has 0 atom stereocenters. The van der Waals surface area contributed by atoms with Gasteiger partial charge in [-0.2, -0.15) is 8.78 Å². The van der Waals surface area contributed by atoms with Crippen LogP contribution < -0.4 is 20.1 Å². The Labute approximate surface area is 133 Å². The first kappa shape index (κ1) is 18.7. The number of carbonyl (C=O) groups excluding carboxylic acids is 2. The molecule has 1 aromatic rings. The van der Waals surface area contributed by atoms with Crippen LogP contribution in [-0.2, 0) is 4.79 Å². The van der Waals surface area contributed by atoms with Crippen LogP contribution in [0, 0.1) is 5.92 Å². The molecule has 2 N–H and O–H groups in total. The van der Waals surface area contributed by atoms with E-state index in [2.05, 4.69) is 15.4 Å². The molecule has 1 rings (SSSR count). The molecular weight excluding hydrogens is 310 g/mol. The Morgan fingerprint density at radius 1 is 1.17 bits per heavy atom. The van der Waals surface area contributed by atoms with E-state index >= 15 is 0 Å². The first-order chi connectivity index (χ1) is 10.9. The maximum atomic E-state index is 12.5. The number of methoxy groups -OCH3 is 1. The van der Waals surface area contributed by atoms with Crippen molar-refractivity contribution in [2.75, 3.05) is 20.2 Å². The van der Waals surface area contributed by atoms with E-state index in [0.29, 0.717) is 0 Å². The summed E-state index contributed by atoms with van der Waals surface area (Å²) in [6.07, 6.45) is 0. The van der Waals surface area contributed by atoms with E-state index in [1.165, 1.54) is 25.3 Å². The second-order valence-corrected chi connectivity index (χ2v) is 4.92. The van der Waals surface area contributed by atoms with Crippen LogP contribution in [0.1, 0.15) is 24.2 Å². The number of rotatable bonds is 8. The zero-order valence-corrected chi connectivity index (χ0v) is 13.2. The number of hydrogen-bond acceptors (Lipinski definition) is 4. The standard InChI is InChI=1S/C15H20F2N2O4/c1-9(2)13(20)18-7-8-19-14(21)10-5-4-6-11(22-3)12(10)23-15(16)17/h4-6,9,15H,7-8H2,1-3H3,(H,18,20)(H,19,21). The minimum Gasteiger partial charge on any atom is -0.493 e. The van der Waals surface area contributed by atoms with Gasteiger partial charge in [-0.1, -0.05) is 19.9 Å². The number of hydrogen-bond donors (Lipinski definition) is 2. The lowest BCUT2D eigenvalue weighted by molar-refractivity contribution is -0.123. The van der Waals surface area contributed by atoms with Gasteiger partial charge in [0.05, 0.1) is 12.7 Å². The van der Waals surface area contributed by atoms with Crippen LogP contribution in [0.25, 0.3) is 0 Å². The van der Waals surface area contributed by atoms with Gasteiger partial charge in [0, 0.05) is 19.0 Å². The van der Waals surface area contributed by atoms with Gasteiger partial charge in [-0.05, 0) is 12.1 Å². The van der Waals surface area contributed by atoms with Gasteiger partial charge in [0.25, 0.3) is 5.91 Å². The molecule has 128 valence electrons. The highest BCUT2D eigenvalue weighted by atomic mass is 19.3. The lowest BCUT2D eigenvalue weighted by atomic mass is 10.1. The van der Waals surface area contributed by atoms with Crippen molar-refractivity contribution in [1.82, 2.24) is 10.6 Å². The fourth-order valence-electron chi connectivity index (χ4n) is 1.73. The van der Waals surface area contributed by atoms with E-state index in [9.17, 15) is 18.4 Å². The number of nitrogens with one attached hydrogen (secondary N) is 2. The number of carbonyl (C=O) groups is 2. The summed E-state index contributed by atoms with van der Waals surface area (Å²) in [5.74, 6) is -1.18. The molecular formula is C15H20F2N2O4. The molecule has 0 aliphatic heterocycles. The predicted molar refractivity (Wildman–Crippen MR) is 79.8 cm³/mol. The molecule has 0 spiro atoms. The van der Waals surface area contributed by atoms with E-state index in [0.717, 1.165) is 0 Å². The molecule has 1 aromatic carbocycles. The molecule has 0 unspecified atom stereocenters. The van der Waals surface area contributed by atoms with E-state index in [-0.39, 0.29) is 42.0 Å². The summed E-state index contributed by atoms with van der Waals surface area (Å²) in [5, 5.41) is 5.15. The minimum atomic E-state index is -3.08. The van der Waals surface area contributed by atoms with Gasteiger partial charge in [0.15, 0.2) is 11.5 Å². The lowest BCUT2D eigenvalue weighted by Crippen LogP contribution is -2.36. The molecule has 23 heavy (non-hydrogen) atoms.